The average Bonchev–Trinajstić information content (AvgIpc) is 2.79. The van der Waals surface area contributed by atoms with Gasteiger partial charge in [-0.25, -0.2) is 0 Å². The van der Waals surface area contributed by atoms with Crippen molar-refractivity contribution in [3.8, 4) is 0 Å². The largest absolute Gasteiger partial charge is 0.391 e. The zero-order chi connectivity index (χ0) is 10.8. The summed E-state index contributed by atoms with van der Waals surface area (Å²) in [6, 6.07) is 0. The lowest BCUT2D eigenvalue weighted by Gasteiger charge is -2.15. The molecule has 4 N–H and O–H groups in total. The number of hydrogen-bond acceptors (Lipinski definition) is 3. The Hall–Kier alpha value is -0.610. The number of aliphatic hydroxyl groups is 1. The molecule has 4 heteroatoms. The van der Waals surface area contributed by atoms with E-state index in [-0.39, 0.29) is 5.91 Å². The van der Waals surface area contributed by atoms with E-state index in [1.54, 1.807) is 0 Å². The second-order valence-corrected chi connectivity index (χ2v) is 4.65. The minimum Gasteiger partial charge on any atom is -0.391 e. The van der Waals surface area contributed by atoms with E-state index < -0.39 is 11.6 Å². The molecule has 0 aromatic heterocycles. The van der Waals surface area contributed by atoms with E-state index in [0.717, 1.165) is 12.8 Å². The summed E-state index contributed by atoms with van der Waals surface area (Å²) in [6.07, 6.45) is 1.78. The van der Waals surface area contributed by atoms with E-state index in [1.165, 1.54) is 0 Å². The number of aliphatic hydroxyl groups excluding tert-OH is 1. The fourth-order valence-corrected chi connectivity index (χ4v) is 1.38. The quantitative estimate of drug-likeness (QED) is 0.585. The van der Waals surface area contributed by atoms with Gasteiger partial charge in [-0.05, 0) is 25.2 Å². The van der Waals surface area contributed by atoms with Crippen molar-refractivity contribution in [2.45, 2.75) is 44.8 Å². The van der Waals surface area contributed by atoms with Crippen LogP contribution in [-0.4, -0.2) is 29.2 Å². The lowest BCUT2D eigenvalue weighted by molar-refractivity contribution is -0.123. The normalized spacial score (nSPS) is 20.6. The first-order valence-electron chi connectivity index (χ1n) is 5.19. The second-order valence-electron chi connectivity index (χ2n) is 4.65. The fourth-order valence-electron chi connectivity index (χ4n) is 1.38. The van der Waals surface area contributed by atoms with Crippen LogP contribution in [0.15, 0.2) is 0 Å². The van der Waals surface area contributed by atoms with Gasteiger partial charge in [0.1, 0.15) is 0 Å². The Morgan fingerprint density at radius 1 is 1.57 bits per heavy atom. The summed E-state index contributed by atoms with van der Waals surface area (Å²) in [5.41, 5.74) is 5.06. The first-order valence-corrected chi connectivity index (χ1v) is 5.19. The highest BCUT2D eigenvalue weighted by molar-refractivity contribution is 5.88. The molecule has 1 aliphatic carbocycles. The molecule has 0 aromatic rings. The molecule has 0 aliphatic heterocycles. The molecular weight excluding hydrogens is 180 g/mol. The van der Waals surface area contributed by atoms with Crippen molar-refractivity contribution < 1.29 is 9.90 Å². The second kappa shape index (κ2) is 4.28. The van der Waals surface area contributed by atoms with E-state index in [1.807, 2.05) is 13.8 Å². The predicted molar refractivity (Wildman–Crippen MR) is 54.6 cm³/mol. The summed E-state index contributed by atoms with van der Waals surface area (Å²) >= 11 is 0. The molecule has 1 amide bonds. The Balaban J connectivity index is 2.16. The van der Waals surface area contributed by atoms with Crippen molar-refractivity contribution in [3.63, 3.8) is 0 Å². The highest BCUT2D eigenvalue weighted by Gasteiger charge is 2.45. The Labute approximate surface area is 84.9 Å². The molecule has 1 rings (SSSR count). The summed E-state index contributed by atoms with van der Waals surface area (Å²) in [5.74, 6) is 0.315. The third-order valence-electron chi connectivity index (χ3n) is 2.48. The predicted octanol–water partition coefficient (Wildman–Crippen LogP) is 0.000900. The maximum atomic E-state index is 11.4. The van der Waals surface area contributed by atoms with Gasteiger partial charge in [0.25, 0.3) is 0 Å². The van der Waals surface area contributed by atoms with Crippen molar-refractivity contribution >= 4 is 5.91 Å². The molecule has 1 unspecified atom stereocenters. The van der Waals surface area contributed by atoms with Crippen LogP contribution in [0.4, 0.5) is 0 Å². The maximum Gasteiger partial charge on any atom is 0.240 e. The van der Waals surface area contributed by atoms with E-state index in [0.29, 0.717) is 18.9 Å². The number of amides is 1. The third-order valence-corrected chi connectivity index (χ3v) is 2.48. The van der Waals surface area contributed by atoms with E-state index in [4.69, 9.17) is 5.73 Å². The van der Waals surface area contributed by atoms with Gasteiger partial charge < -0.3 is 16.2 Å². The number of hydrogen-bond donors (Lipinski definition) is 3. The highest BCUT2D eigenvalue weighted by Crippen LogP contribution is 2.31. The monoisotopic (exact) mass is 200 g/mol. The molecule has 4 nitrogen and oxygen atoms in total. The number of carbonyl (C=O) groups is 1. The topological polar surface area (TPSA) is 75.3 Å². The number of carbonyl (C=O) groups excluding carboxylic acids is 1. The highest BCUT2D eigenvalue weighted by atomic mass is 16.3. The summed E-state index contributed by atoms with van der Waals surface area (Å²) in [5, 5.41) is 12.2. The van der Waals surface area contributed by atoms with Crippen molar-refractivity contribution in [1.82, 2.24) is 5.32 Å². The molecule has 0 saturated heterocycles. The molecule has 0 radical (unpaired) electrons. The fraction of sp³-hybridized carbons (Fsp3) is 0.900. The molecule has 1 fully saturated rings. The summed E-state index contributed by atoms with van der Waals surface area (Å²) in [7, 11) is 0. The lowest BCUT2D eigenvalue weighted by Crippen LogP contribution is -2.45. The van der Waals surface area contributed by atoms with Gasteiger partial charge in [-0.15, -0.1) is 0 Å². The van der Waals surface area contributed by atoms with Crippen LogP contribution in [0.2, 0.25) is 0 Å². The Morgan fingerprint density at radius 2 is 2.14 bits per heavy atom. The maximum absolute atomic E-state index is 11.4. The first-order chi connectivity index (χ1) is 6.44. The first kappa shape index (κ1) is 11.5. The van der Waals surface area contributed by atoms with Crippen LogP contribution in [-0.2, 0) is 4.79 Å². The van der Waals surface area contributed by atoms with Gasteiger partial charge >= 0.3 is 0 Å². The summed E-state index contributed by atoms with van der Waals surface area (Å²) in [4.78, 5) is 11.4. The average molecular weight is 200 g/mol. The molecule has 1 saturated carbocycles. The zero-order valence-electron chi connectivity index (χ0n) is 8.92. The lowest BCUT2D eigenvalue weighted by atomic mass is 10.1. The van der Waals surface area contributed by atoms with Crippen LogP contribution in [0.25, 0.3) is 0 Å². The van der Waals surface area contributed by atoms with Crippen LogP contribution < -0.4 is 11.1 Å². The van der Waals surface area contributed by atoms with Gasteiger partial charge in [0.05, 0.1) is 11.6 Å². The molecule has 1 atom stereocenters. The summed E-state index contributed by atoms with van der Waals surface area (Å²) < 4.78 is 0. The van der Waals surface area contributed by atoms with E-state index in [2.05, 4.69) is 5.32 Å². The number of nitrogens with two attached hydrogens (primary N) is 1. The smallest absolute Gasteiger partial charge is 0.240 e. The van der Waals surface area contributed by atoms with Crippen molar-refractivity contribution in [1.29, 1.82) is 0 Å². The van der Waals surface area contributed by atoms with Crippen LogP contribution in [0, 0.1) is 5.92 Å². The van der Waals surface area contributed by atoms with Gasteiger partial charge in [0, 0.05) is 6.54 Å². The molecule has 82 valence electrons. The molecule has 0 bridgehead atoms. The van der Waals surface area contributed by atoms with Crippen molar-refractivity contribution in [3.05, 3.63) is 0 Å². The van der Waals surface area contributed by atoms with Gasteiger partial charge in [0.15, 0.2) is 0 Å². The molecule has 0 spiro atoms. The van der Waals surface area contributed by atoms with Crippen LogP contribution in [0.3, 0.4) is 0 Å². The molecular formula is C10H20N2O2. The zero-order valence-corrected chi connectivity index (χ0v) is 8.92. The SMILES string of the molecule is CC(C)CC(O)CNC(=O)C1(N)CC1. The van der Waals surface area contributed by atoms with Crippen LogP contribution >= 0.6 is 0 Å². The molecule has 0 aromatic carbocycles. The minimum absolute atomic E-state index is 0.125. The van der Waals surface area contributed by atoms with Crippen LogP contribution in [0.5, 0.6) is 0 Å². The molecule has 0 heterocycles. The number of nitrogens with one attached hydrogen (secondary N) is 1. The van der Waals surface area contributed by atoms with E-state index in [9.17, 15) is 9.90 Å². The summed E-state index contributed by atoms with van der Waals surface area (Å²) in [6.45, 7) is 4.39. The van der Waals surface area contributed by atoms with Crippen molar-refractivity contribution in [2.24, 2.45) is 11.7 Å². The van der Waals surface area contributed by atoms with Gasteiger partial charge in [-0.1, -0.05) is 13.8 Å². The van der Waals surface area contributed by atoms with Gasteiger partial charge in [0.2, 0.25) is 5.91 Å². The Morgan fingerprint density at radius 3 is 2.57 bits per heavy atom. The van der Waals surface area contributed by atoms with Gasteiger partial charge in [-0.3, -0.25) is 4.79 Å². The Bertz CT molecular complexity index is 212. The standard InChI is InChI=1S/C10H20N2O2/c1-7(2)5-8(13)6-12-9(14)10(11)3-4-10/h7-8,13H,3-6,11H2,1-2H3,(H,12,14). The van der Waals surface area contributed by atoms with E-state index >= 15 is 0 Å². The third kappa shape index (κ3) is 3.27. The van der Waals surface area contributed by atoms with Gasteiger partial charge in [-0.2, -0.15) is 0 Å². The molecule has 1 aliphatic rings. The number of rotatable bonds is 5. The minimum atomic E-state index is -0.627. The van der Waals surface area contributed by atoms with Crippen molar-refractivity contribution in [2.75, 3.05) is 6.54 Å². The Kier molecular flexibility index (Phi) is 3.50. The van der Waals surface area contributed by atoms with Crippen LogP contribution in [0.1, 0.15) is 33.1 Å². The molecule has 14 heavy (non-hydrogen) atoms.